The first kappa shape index (κ1) is 12.5. The number of aryl methyl sites for hydroxylation is 1. The maximum Gasteiger partial charge on any atom is 0.328 e. The Kier molecular flexibility index (Phi) is 4.31. The third-order valence-corrected chi connectivity index (χ3v) is 2.34. The number of rotatable bonds is 2. The van der Waals surface area contributed by atoms with Gasteiger partial charge in [-0.05, 0) is 19.1 Å². The number of anilines is 1. The van der Waals surface area contributed by atoms with Crippen LogP contribution in [0.3, 0.4) is 0 Å². The van der Waals surface area contributed by atoms with E-state index in [0.29, 0.717) is 5.69 Å². The van der Waals surface area contributed by atoms with Gasteiger partial charge in [-0.3, -0.25) is 15.0 Å². The summed E-state index contributed by atoms with van der Waals surface area (Å²) in [6.45, 7) is 1.96. The fourth-order valence-electron chi connectivity index (χ4n) is 1.12. The summed E-state index contributed by atoms with van der Waals surface area (Å²) in [5, 5.41) is 2.16. The number of hydrogen-bond donors (Lipinski definition) is 1. The zero-order chi connectivity index (χ0) is 12.1. The van der Waals surface area contributed by atoms with Gasteiger partial charge in [-0.25, -0.2) is 4.79 Å². The lowest BCUT2D eigenvalue weighted by atomic mass is 10.2. The molecule has 0 fully saturated rings. The molecule has 0 aliphatic heterocycles. The number of alkyl halides is 1. The number of imide groups is 1. The highest BCUT2D eigenvalue weighted by Gasteiger charge is 2.12. The van der Waals surface area contributed by atoms with Gasteiger partial charge in [-0.15, -0.1) is 11.6 Å². The van der Waals surface area contributed by atoms with Crippen molar-refractivity contribution in [3.8, 4) is 0 Å². The minimum absolute atomic E-state index is 0.229. The number of urea groups is 1. The minimum Gasteiger partial charge on any atom is -0.297 e. The van der Waals surface area contributed by atoms with E-state index < -0.39 is 11.9 Å². The fourth-order valence-corrected chi connectivity index (χ4v) is 1.19. The summed E-state index contributed by atoms with van der Waals surface area (Å²) in [6, 6.07) is 6.90. The summed E-state index contributed by atoms with van der Waals surface area (Å²) < 4.78 is 0. The molecule has 0 aromatic heterocycles. The van der Waals surface area contributed by atoms with Crippen molar-refractivity contribution in [1.82, 2.24) is 5.32 Å². The standard InChI is InChI=1S/C11H13ClN2O2/c1-8-3-5-9(6-4-8)14(2)11(16)13-10(15)7-12/h3-6H,7H2,1-2H3,(H,13,15,16). The van der Waals surface area contributed by atoms with Gasteiger partial charge in [0.2, 0.25) is 5.91 Å². The highest BCUT2D eigenvalue weighted by Crippen LogP contribution is 2.13. The summed E-state index contributed by atoms with van der Waals surface area (Å²) in [5.74, 6) is -0.737. The highest BCUT2D eigenvalue weighted by atomic mass is 35.5. The summed E-state index contributed by atoms with van der Waals surface area (Å²) >= 11 is 5.28. The van der Waals surface area contributed by atoms with E-state index >= 15 is 0 Å². The lowest BCUT2D eigenvalue weighted by Crippen LogP contribution is -2.41. The number of amides is 3. The third kappa shape index (κ3) is 3.24. The fraction of sp³-hybridized carbons (Fsp3) is 0.273. The Morgan fingerprint density at radius 3 is 2.38 bits per heavy atom. The lowest BCUT2D eigenvalue weighted by Gasteiger charge is -2.17. The average Bonchev–Trinajstić information content (AvgIpc) is 2.28. The van der Waals surface area contributed by atoms with Gasteiger partial charge in [0.15, 0.2) is 0 Å². The topological polar surface area (TPSA) is 49.4 Å². The summed E-state index contributed by atoms with van der Waals surface area (Å²) in [7, 11) is 1.58. The van der Waals surface area contributed by atoms with Crippen LogP contribution in [0.15, 0.2) is 24.3 Å². The molecule has 1 rings (SSSR count). The summed E-state index contributed by atoms with van der Waals surface area (Å²) in [4.78, 5) is 23.8. The Morgan fingerprint density at radius 1 is 1.31 bits per heavy atom. The molecular weight excluding hydrogens is 228 g/mol. The molecule has 0 heterocycles. The van der Waals surface area contributed by atoms with Gasteiger partial charge in [-0.2, -0.15) is 0 Å². The molecule has 86 valence electrons. The van der Waals surface area contributed by atoms with Crippen molar-refractivity contribution < 1.29 is 9.59 Å². The molecule has 16 heavy (non-hydrogen) atoms. The molecule has 5 heteroatoms. The Balaban J connectivity index is 2.70. The largest absolute Gasteiger partial charge is 0.328 e. The second-order valence-electron chi connectivity index (χ2n) is 3.38. The Morgan fingerprint density at radius 2 is 1.88 bits per heavy atom. The van der Waals surface area contributed by atoms with Crippen molar-refractivity contribution in [2.75, 3.05) is 17.8 Å². The van der Waals surface area contributed by atoms with E-state index in [2.05, 4.69) is 5.32 Å². The minimum atomic E-state index is -0.509. The van der Waals surface area contributed by atoms with Crippen LogP contribution in [-0.2, 0) is 4.79 Å². The van der Waals surface area contributed by atoms with Crippen LogP contribution < -0.4 is 10.2 Å². The molecule has 0 bridgehead atoms. The van der Waals surface area contributed by atoms with Crippen LogP contribution in [0.4, 0.5) is 10.5 Å². The van der Waals surface area contributed by atoms with Crippen LogP contribution in [0.5, 0.6) is 0 Å². The lowest BCUT2D eigenvalue weighted by molar-refractivity contribution is -0.117. The highest BCUT2D eigenvalue weighted by molar-refractivity contribution is 6.28. The van der Waals surface area contributed by atoms with Gasteiger partial charge in [-0.1, -0.05) is 17.7 Å². The normalized spacial score (nSPS) is 9.69. The Labute approximate surface area is 99.2 Å². The first-order chi connectivity index (χ1) is 7.54. The van der Waals surface area contributed by atoms with Gasteiger partial charge in [0.25, 0.3) is 0 Å². The second-order valence-corrected chi connectivity index (χ2v) is 3.65. The zero-order valence-corrected chi connectivity index (χ0v) is 9.91. The predicted molar refractivity (Wildman–Crippen MR) is 63.8 cm³/mol. The molecule has 0 saturated carbocycles. The Hall–Kier alpha value is -1.55. The molecule has 1 N–H and O–H groups in total. The van der Waals surface area contributed by atoms with E-state index in [1.54, 1.807) is 19.2 Å². The van der Waals surface area contributed by atoms with E-state index in [1.807, 2.05) is 19.1 Å². The van der Waals surface area contributed by atoms with Crippen molar-refractivity contribution in [1.29, 1.82) is 0 Å². The number of benzene rings is 1. The van der Waals surface area contributed by atoms with E-state index in [1.165, 1.54) is 4.90 Å². The van der Waals surface area contributed by atoms with Gasteiger partial charge in [0, 0.05) is 12.7 Å². The molecular formula is C11H13ClN2O2. The van der Waals surface area contributed by atoms with Crippen molar-refractivity contribution in [3.05, 3.63) is 29.8 Å². The number of nitrogens with one attached hydrogen (secondary N) is 1. The molecule has 0 saturated heterocycles. The van der Waals surface area contributed by atoms with Gasteiger partial charge in [0.05, 0.1) is 0 Å². The Bertz CT molecular complexity index is 389. The van der Waals surface area contributed by atoms with Gasteiger partial charge < -0.3 is 0 Å². The maximum atomic E-state index is 11.5. The van der Waals surface area contributed by atoms with Crippen LogP contribution in [0, 0.1) is 6.92 Å². The van der Waals surface area contributed by atoms with Crippen molar-refractivity contribution >= 4 is 29.2 Å². The van der Waals surface area contributed by atoms with E-state index in [9.17, 15) is 9.59 Å². The van der Waals surface area contributed by atoms with Crippen LogP contribution in [0.1, 0.15) is 5.56 Å². The van der Waals surface area contributed by atoms with E-state index in [-0.39, 0.29) is 5.88 Å². The van der Waals surface area contributed by atoms with E-state index in [0.717, 1.165) is 5.56 Å². The quantitative estimate of drug-likeness (QED) is 0.803. The molecule has 0 spiro atoms. The number of nitrogens with zero attached hydrogens (tertiary/aromatic N) is 1. The van der Waals surface area contributed by atoms with Crippen LogP contribution in [0.25, 0.3) is 0 Å². The third-order valence-electron chi connectivity index (χ3n) is 2.09. The molecule has 0 atom stereocenters. The zero-order valence-electron chi connectivity index (χ0n) is 9.16. The van der Waals surface area contributed by atoms with Gasteiger partial charge >= 0.3 is 6.03 Å². The molecule has 0 aliphatic carbocycles. The van der Waals surface area contributed by atoms with E-state index in [4.69, 9.17) is 11.6 Å². The summed E-state index contributed by atoms with van der Waals surface area (Å²) in [6.07, 6.45) is 0. The number of hydrogen-bond acceptors (Lipinski definition) is 2. The molecule has 1 aromatic carbocycles. The molecule has 0 unspecified atom stereocenters. The molecule has 0 aliphatic rings. The molecule has 1 aromatic rings. The monoisotopic (exact) mass is 240 g/mol. The second kappa shape index (κ2) is 5.51. The average molecular weight is 241 g/mol. The number of carbonyl (C=O) groups is 2. The van der Waals surface area contributed by atoms with Crippen molar-refractivity contribution in [2.45, 2.75) is 6.92 Å². The SMILES string of the molecule is Cc1ccc(N(C)C(=O)NC(=O)CCl)cc1. The van der Waals surface area contributed by atoms with Crippen molar-refractivity contribution in [3.63, 3.8) is 0 Å². The first-order valence-electron chi connectivity index (χ1n) is 4.74. The molecule has 0 radical (unpaired) electrons. The maximum absolute atomic E-state index is 11.5. The number of carbonyl (C=O) groups excluding carboxylic acids is 2. The summed E-state index contributed by atoms with van der Waals surface area (Å²) in [5.41, 5.74) is 1.82. The van der Waals surface area contributed by atoms with Crippen LogP contribution in [0.2, 0.25) is 0 Å². The first-order valence-corrected chi connectivity index (χ1v) is 5.28. The van der Waals surface area contributed by atoms with Crippen molar-refractivity contribution in [2.24, 2.45) is 0 Å². The van der Waals surface area contributed by atoms with Crippen LogP contribution in [-0.4, -0.2) is 24.9 Å². The van der Waals surface area contributed by atoms with Gasteiger partial charge in [0.1, 0.15) is 5.88 Å². The molecule has 4 nitrogen and oxygen atoms in total. The smallest absolute Gasteiger partial charge is 0.297 e. The number of halogens is 1. The van der Waals surface area contributed by atoms with Crippen LogP contribution >= 0.6 is 11.6 Å². The predicted octanol–water partition coefficient (Wildman–Crippen LogP) is 1.91. The molecule has 3 amide bonds.